The van der Waals surface area contributed by atoms with Gasteiger partial charge >= 0.3 is 0 Å². The van der Waals surface area contributed by atoms with Gasteiger partial charge in [0.2, 0.25) is 0 Å². The van der Waals surface area contributed by atoms with Crippen LogP contribution < -0.4 is 10.1 Å². The molecule has 0 amide bonds. The van der Waals surface area contributed by atoms with Gasteiger partial charge in [-0.15, -0.1) is 11.3 Å². The second-order valence-electron chi connectivity index (χ2n) is 4.34. The van der Waals surface area contributed by atoms with Crippen molar-refractivity contribution in [3.8, 4) is 17.1 Å². The number of hydrogen-bond donors (Lipinski definition) is 1. The maximum atomic E-state index is 5.81. The number of hydrogen-bond acceptors (Lipinski definition) is 6. The van der Waals surface area contributed by atoms with Crippen LogP contribution in [0, 0.1) is 0 Å². The molecule has 0 radical (unpaired) electrons. The molecule has 22 heavy (non-hydrogen) atoms. The Balaban J connectivity index is 1.74. The molecule has 112 valence electrons. The van der Waals surface area contributed by atoms with Crippen molar-refractivity contribution in [1.82, 2.24) is 15.0 Å². The van der Waals surface area contributed by atoms with Gasteiger partial charge in [0.25, 0.3) is 0 Å². The van der Waals surface area contributed by atoms with Crippen LogP contribution in [-0.4, -0.2) is 21.6 Å². The van der Waals surface area contributed by atoms with Crippen molar-refractivity contribution >= 4 is 33.9 Å². The number of ether oxygens (including phenoxy) is 1. The number of nitrogens with zero attached hydrogens (tertiary/aromatic N) is 3. The number of halogens is 1. The lowest BCUT2D eigenvalue weighted by molar-refractivity contribution is 0.339. The lowest BCUT2D eigenvalue weighted by Gasteiger charge is -2.02. The first-order valence-electron chi connectivity index (χ1n) is 6.68. The molecule has 3 aromatic heterocycles. The summed E-state index contributed by atoms with van der Waals surface area (Å²) < 4.78 is 5.38. The molecule has 0 fully saturated rings. The Hall–Kier alpha value is -2.18. The van der Waals surface area contributed by atoms with E-state index in [1.54, 1.807) is 24.5 Å². The zero-order valence-corrected chi connectivity index (χ0v) is 13.4. The van der Waals surface area contributed by atoms with E-state index in [1.165, 1.54) is 11.3 Å². The second kappa shape index (κ2) is 6.72. The highest BCUT2D eigenvalue weighted by Crippen LogP contribution is 2.26. The van der Waals surface area contributed by atoms with Crippen molar-refractivity contribution in [2.24, 2.45) is 0 Å². The standard InChI is InChI=1S/C15H13ClN4OS/c1-2-21-11-4-5-12(17-8-11)13-9-22-15(19-13)20-14-6-3-10(16)7-18-14/h3-9H,2H2,1H3,(H,18,19,20). The third kappa shape index (κ3) is 3.52. The topological polar surface area (TPSA) is 59.9 Å². The smallest absolute Gasteiger partial charge is 0.188 e. The molecule has 0 aromatic carbocycles. The summed E-state index contributed by atoms with van der Waals surface area (Å²) in [5, 5.41) is 6.43. The molecule has 0 bridgehead atoms. The Morgan fingerprint density at radius 1 is 1.14 bits per heavy atom. The zero-order chi connectivity index (χ0) is 15.4. The van der Waals surface area contributed by atoms with Crippen molar-refractivity contribution in [1.29, 1.82) is 0 Å². The first-order valence-corrected chi connectivity index (χ1v) is 7.93. The average molecular weight is 333 g/mol. The maximum absolute atomic E-state index is 5.81. The van der Waals surface area contributed by atoms with Gasteiger partial charge < -0.3 is 10.1 Å². The van der Waals surface area contributed by atoms with E-state index >= 15 is 0 Å². The monoisotopic (exact) mass is 332 g/mol. The maximum Gasteiger partial charge on any atom is 0.188 e. The number of thiazole rings is 1. The predicted octanol–water partition coefficient (Wildman–Crippen LogP) is 4.40. The Morgan fingerprint density at radius 2 is 2.05 bits per heavy atom. The largest absolute Gasteiger partial charge is 0.492 e. The highest BCUT2D eigenvalue weighted by molar-refractivity contribution is 7.14. The van der Waals surface area contributed by atoms with Gasteiger partial charge in [-0.3, -0.25) is 4.98 Å². The number of rotatable bonds is 5. The van der Waals surface area contributed by atoms with Crippen molar-refractivity contribution in [2.45, 2.75) is 6.92 Å². The molecule has 0 saturated carbocycles. The Bertz CT molecular complexity index is 743. The molecule has 0 unspecified atom stereocenters. The van der Waals surface area contributed by atoms with E-state index in [1.807, 2.05) is 24.4 Å². The summed E-state index contributed by atoms with van der Waals surface area (Å²) in [6.07, 6.45) is 3.29. The molecule has 7 heteroatoms. The fourth-order valence-electron chi connectivity index (χ4n) is 1.79. The summed E-state index contributed by atoms with van der Waals surface area (Å²) in [5.41, 5.74) is 1.61. The molecule has 0 aliphatic rings. The summed E-state index contributed by atoms with van der Waals surface area (Å²) in [6, 6.07) is 7.36. The van der Waals surface area contributed by atoms with E-state index < -0.39 is 0 Å². The van der Waals surface area contributed by atoms with E-state index in [-0.39, 0.29) is 0 Å². The third-order valence-electron chi connectivity index (χ3n) is 2.78. The van der Waals surface area contributed by atoms with E-state index in [0.717, 1.165) is 22.3 Å². The molecule has 5 nitrogen and oxygen atoms in total. The predicted molar refractivity (Wildman–Crippen MR) is 89.0 cm³/mol. The molecule has 0 aliphatic carbocycles. The molecular formula is C15H13ClN4OS. The molecule has 1 N–H and O–H groups in total. The normalized spacial score (nSPS) is 10.5. The molecule has 3 aromatic rings. The molecular weight excluding hydrogens is 320 g/mol. The number of aromatic nitrogens is 3. The lowest BCUT2D eigenvalue weighted by atomic mass is 10.3. The van der Waals surface area contributed by atoms with Crippen molar-refractivity contribution in [3.63, 3.8) is 0 Å². The average Bonchev–Trinajstić information content (AvgIpc) is 2.99. The van der Waals surface area contributed by atoms with Crippen LogP contribution in [0.1, 0.15) is 6.92 Å². The van der Waals surface area contributed by atoms with Crippen LogP contribution in [0.4, 0.5) is 10.9 Å². The number of anilines is 2. The SMILES string of the molecule is CCOc1ccc(-c2csc(Nc3ccc(Cl)cn3)n2)nc1. The second-order valence-corrected chi connectivity index (χ2v) is 5.63. The Labute approximate surface area is 137 Å². The molecule has 3 heterocycles. The summed E-state index contributed by atoms with van der Waals surface area (Å²) in [6.45, 7) is 2.57. The quantitative estimate of drug-likeness (QED) is 0.750. The van der Waals surface area contributed by atoms with Gasteiger partial charge in [0.05, 0.1) is 23.5 Å². The fraction of sp³-hybridized carbons (Fsp3) is 0.133. The van der Waals surface area contributed by atoms with Crippen LogP contribution in [0.2, 0.25) is 5.02 Å². The summed E-state index contributed by atoms with van der Waals surface area (Å²) in [7, 11) is 0. The first-order chi connectivity index (χ1) is 10.7. The van der Waals surface area contributed by atoms with Gasteiger partial charge in [0.1, 0.15) is 17.3 Å². The van der Waals surface area contributed by atoms with Gasteiger partial charge in [-0.1, -0.05) is 11.6 Å². The molecule has 0 aliphatic heterocycles. The molecule has 0 spiro atoms. The lowest BCUT2D eigenvalue weighted by Crippen LogP contribution is -1.93. The van der Waals surface area contributed by atoms with Gasteiger partial charge in [0, 0.05) is 11.6 Å². The molecule has 3 rings (SSSR count). The highest BCUT2D eigenvalue weighted by atomic mass is 35.5. The fourth-order valence-corrected chi connectivity index (χ4v) is 2.62. The van der Waals surface area contributed by atoms with Crippen LogP contribution in [0.3, 0.4) is 0 Å². The summed E-state index contributed by atoms with van der Waals surface area (Å²) >= 11 is 7.30. The van der Waals surface area contributed by atoms with E-state index in [9.17, 15) is 0 Å². The van der Waals surface area contributed by atoms with E-state index in [0.29, 0.717) is 17.4 Å². The van der Waals surface area contributed by atoms with Crippen LogP contribution in [-0.2, 0) is 0 Å². The van der Waals surface area contributed by atoms with Crippen LogP contribution in [0.15, 0.2) is 42.0 Å². The van der Waals surface area contributed by atoms with E-state index in [2.05, 4.69) is 20.3 Å². The van der Waals surface area contributed by atoms with Gasteiger partial charge in [-0.05, 0) is 31.2 Å². The summed E-state index contributed by atoms with van der Waals surface area (Å²) in [5.74, 6) is 1.45. The Kier molecular flexibility index (Phi) is 4.50. The number of nitrogens with one attached hydrogen (secondary N) is 1. The minimum absolute atomic E-state index is 0.601. The van der Waals surface area contributed by atoms with Crippen molar-refractivity contribution in [2.75, 3.05) is 11.9 Å². The van der Waals surface area contributed by atoms with Crippen molar-refractivity contribution < 1.29 is 4.74 Å². The van der Waals surface area contributed by atoms with Crippen LogP contribution in [0.25, 0.3) is 11.4 Å². The van der Waals surface area contributed by atoms with Gasteiger partial charge in [-0.25, -0.2) is 9.97 Å². The third-order valence-corrected chi connectivity index (χ3v) is 3.76. The van der Waals surface area contributed by atoms with Crippen molar-refractivity contribution in [3.05, 3.63) is 47.1 Å². The molecule has 0 saturated heterocycles. The highest BCUT2D eigenvalue weighted by Gasteiger charge is 2.07. The minimum atomic E-state index is 0.601. The zero-order valence-electron chi connectivity index (χ0n) is 11.8. The van der Waals surface area contributed by atoms with Gasteiger partial charge in [0.15, 0.2) is 5.13 Å². The van der Waals surface area contributed by atoms with E-state index in [4.69, 9.17) is 16.3 Å². The summed E-state index contributed by atoms with van der Waals surface area (Å²) in [4.78, 5) is 13.0. The first kappa shape index (κ1) is 14.7. The van der Waals surface area contributed by atoms with Crippen LogP contribution >= 0.6 is 22.9 Å². The minimum Gasteiger partial charge on any atom is -0.492 e. The number of pyridine rings is 2. The molecule has 0 atom stereocenters. The van der Waals surface area contributed by atoms with Crippen LogP contribution in [0.5, 0.6) is 5.75 Å². The van der Waals surface area contributed by atoms with Gasteiger partial charge in [-0.2, -0.15) is 0 Å². The Morgan fingerprint density at radius 3 is 2.73 bits per heavy atom.